The lowest BCUT2D eigenvalue weighted by Gasteiger charge is -2.06. The first-order chi connectivity index (χ1) is 15.1. The second-order valence-corrected chi connectivity index (χ2v) is 6.94. The first-order valence-electron chi connectivity index (χ1n) is 9.83. The molecular weight excluding hydrogens is 390 g/mol. The van der Waals surface area contributed by atoms with Gasteiger partial charge in [-0.15, -0.1) is 5.10 Å². The van der Waals surface area contributed by atoms with E-state index < -0.39 is 0 Å². The molecule has 0 spiro atoms. The van der Waals surface area contributed by atoms with E-state index in [1.54, 1.807) is 10.7 Å². The van der Waals surface area contributed by atoms with E-state index in [-0.39, 0.29) is 24.2 Å². The largest absolute Gasteiger partial charge is 0.345 e. The molecule has 2 N–H and O–H groups in total. The van der Waals surface area contributed by atoms with Gasteiger partial charge in [-0.05, 0) is 29.8 Å². The van der Waals surface area contributed by atoms with Gasteiger partial charge in [0.25, 0.3) is 5.91 Å². The number of anilines is 1. The van der Waals surface area contributed by atoms with Crippen LogP contribution in [0, 0.1) is 0 Å². The summed E-state index contributed by atoms with van der Waals surface area (Å²) in [5.41, 5.74) is 3.21. The molecule has 0 aliphatic heterocycles. The van der Waals surface area contributed by atoms with Crippen LogP contribution in [0.3, 0.4) is 0 Å². The monoisotopic (exact) mass is 411 g/mol. The molecule has 4 rings (SSSR count). The fourth-order valence-corrected chi connectivity index (χ4v) is 3.16. The molecule has 1 aromatic heterocycles. The predicted molar refractivity (Wildman–Crippen MR) is 119 cm³/mol. The standard InChI is InChI=1S/C24H21N5O2/c1-17(30)26-20-12-8-9-18(15-20)16-25-24(31)22-27-23(19-10-4-2-5-11-19)29(28-22)21-13-6-3-7-14-21/h2-15H,16H2,1H3,(H,25,31)(H,26,30). The third-order valence-electron chi connectivity index (χ3n) is 4.54. The SMILES string of the molecule is CC(=O)Nc1cccc(CNC(=O)c2nc(-c3ccccc3)n(-c3ccccc3)n2)c1. The summed E-state index contributed by atoms with van der Waals surface area (Å²) in [5, 5.41) is 10.0. The van der Waals surface area contributed by atoms with E-state index in [2.05, 4.69) is 20.7 Å². The molecule has 0 unspecified atom stereocenters. The van der Waals surface area contributed by atoms with Crippen LogP contribution >= 0.6 is 0 Å². The summed E-state index contributed by atoms with van der Waals surface area (Å²) in [6.45, 7) is 1.74. The minimum absolute atomic E-state index is 0.0840. The van der Waals surface area contributed by atoms with Gasteiger partial charge in [-0.2, -0.15) is 0 Å². The van der Waals surface area contributed by atoms with Crippen LogP contribution in [0.2, 0.25) is 0 Å². The van der Waals surface area contributed by atoms with Gasteiger partial charge in [0.2, 0.25) is 11.7 Å². The second kappa shape index (κ2) is 9.04. The number of benzene rings is 3. The third-order valence-corrected chi connectivity index (χ3v) is 4.54. The minimum Gasteiger partial charge on any atom is -0.345 e. The number of carbonyl (C=O) groups excluding carboxylic acids is 2. The highest BCUT2D eigenvalue weighted by atomic mass is 16.2. The molecular formula is C24H21N5O2. The molecule has 1 heterocycles. The molecule has 0 aliphatic carbocycles. The van der Waals surface area contributed by atoms with Crippen molar-refractivity contribution in [3.8, 4) is 17.1 Å². The highest BCUT2D eigenvalue weighted by molar-refractivity contribution is 5.91. The van der Waals surface area contributed by atoms with E-state index in [4.69, 9.17) is 0 Å². The van der Waals surface area contributed by atoms with Crippen molar-refractivity contribution in [2.75, 3.05) is 5.32 Å². The Morgan fingerprint density at radius 3 is 2.32 bits per heavy atom. The molecule has 4 aromatic rings. The summed E-state index contributed by atoms with van der Waals surface area (Å²) < 4.78 is 1.67. The number of hydrogen-bond donors (Lipinski definition) is 2. The van der Waals surface area contributed by atoms with Gasteiger partial charge in [0.15, 0.2) is 5.82 Å². The molecule has 0 radical (unpaired) electrons. The lowest BCUT2D eigenvalue weighted by atomic mass is 10.2. The first-order valence-corrected chi connectivity index (χ1v) is 9.83. The first kappa shape index (κ1) is 20.0. The lowest BCUT2D eigenvalue weighted by molar-refractivity contribution is -0.114. The van der Waals surface area contributed by atoms with Crippen molar-refractivity contribution in [2.45, 2.75) is 13.5 Å². The number of carbonyl (C=O) groups is 2. The molecule has 2 amide bonds. The third kappa shape index (κ3) is 4.84. The molecule has 7 heteroatoms. The topological polar surface area (TPSA) is 88.9 Å². The Hall–Kier alpha value is -4.26. The van der Waals surface area contributed by atoms with Crippen LogP contribution in [0.4, 0.5) is 5.69 Å². The van der Waals surface area contributed by atoms with Crippen LogP contribution in [-0.4, -0.2) is 26.6 Å². The Balaban J connectivity index is 1.57. The zero-order valence-electron chi connectivity index (χ0n) is 16.9. The molecule has 3 aromatic carbocycles. The molecule has 0 atom stereocenters. The molecule has 31 heavy (non-hydrogen) atoms. The minimum atomic E-state index is -0.378. The zero-order chi connectivity index (χ0) is 21.6. The normalized spacial score (nSPS) is 10.5. The molecule has 154 valence electrons. The van der Waals surface area contributed by atoms with Crippen molar-refractivity contribution >= 4 is 17.5 Å². The molecule has 7 nitrogen and oxygen atoms in total. The van der Waals surface area contributed by atoms with Crippen LogP contribution in [0.15, 0.2) is 84.9 Å². The average molecular weight is 411 g/mol. The molecule has 0 bridgehead atoms. The number of nitrogens with zero attached hydrogens (tertiary/aromatic N) is 3. The van der Waals surface area contributed by atoms with Gasteiger partial charge in [-0.3, -0.25) is 9.59 Å². The predicted octanol–water partition coefficient (Wildman–Crippen LogP) is 3.82. The maximum atomic E-state index is 12.8. The highest BCUT2D eigenvalue weighted by Crippen LogP contribution is 2.21. The van der Waals surface area contributed by atoms with Crippen LogP contribution in [0.25, 0.3) is 17.1 Å². The fraction of sp³-hybridized carbons (Fsp3) is 0.0833. The molecule has 0 aliphatic rings. The zero-order valence-corrected chi connectivity index (χ0v) is 16.9. The van der Waals surface area contributed by atoms with Gasteiger partial charge in [0.05, 0.1) is 5.69 Å². The van der Waals surface area contributed by atoms with E-state index in [0.717, 1.165) is 16.8 Å². The molecule has 0 saturated heterocycles. The van der Waals surface area contributed by atoms with Crippen LogP contribution in [-0.2, 0) is 11.3 Å². The second-order valence-electron chi connectivity index (χ2n) is 6.94. The maximum absolute atomic E-state index is 12.8. The number of para-hydroxylation sites is 1. The van der Waals surface area contributed by atoms with Gasteiger partial charge in [0.1, 0.15) is 0 Å². The number of nitrogens with one attached hydrogen (secondary N) is 2. The fourth-order valence-electron chi connectivity index (χ4n) is 3.16. The summed E-state index contributed by atoms with van der Waals surface area (Å²) in [7, 11) is 0. The summed E-state index contributed by atoms with van der Waals surface area (Å²) in [4.78, 5) is 28.5. The van der Waals surface area contributed by atoms with E-state index >= 15 is 0 Å². The van der Waals surface area contributed by atoms with Gasteiger partial charge < -0.3 is 10.6 Å². The lowest BCUT2D eigenvalue weighted by Crippen LogP contribution is -2.24. The van der Waals surface area contributed by atoms with Crippen molar-refractivity contribution in [3.63, 3.8) is 0 Å². The van der Waals surface area contributed by atoms with E-state index in [1.807, 2.05) is 78.9 Å². The van der Waals surface area contributed by atoms with Gasteiger partial charge in [-0.25, -0.2) is 9.67 Å². The van der Waals surface area contributed by atoms with Crippen molar-refractivity contribution in [1.29, 1.82) is 0 Å². The Morgan fingerprint density at radius 1 is 0.903 bits per heavy atom. The number of hydrogen-bond acceptors (Lipinski definition) is 4. The molecule has 0 fully saturated rings. The van der Waals surface area contributed by atoms with Crippen molar-refractivity contribution in [2.24, 2.45) is 0 Å². The Bertz CT molecular complexity index is 1150. The summed E-state index contributed by atoms with van der Waals surface area (Å²) in [5.74, 6) is 0.146. The van der Waals surface area contributed by atoms with Gasteiger partial charge in [0, 0.05) is 24.7 Å². The summed E-state index contributed by atoms with van der Waals surface area (Å²) >= 11 is 0. The van der Waals surface area contributed by atoms with Crippen LogP contribution < -0.4 is 10.6 Å². The number of rotatable bonds is 6. The van der Waals surface area contributed by atoms with Gasteiger partial charge >= 0.3 is 0 Å². The Kier molecular flexibility index (Phi) is 5.84. The Morgan fingerprint density at radius 2 is 1.61 bits per heavy atom. The van der Waals surface area contributed by atoms with Crippen molar-refractivity contribution in [3.05, 3.63) is 96.3 Å². The summed E-state index contributed by atoms with van der Waals surface area (Å²) in [6.07, 6.45) is 0. The van der Waals surface area contributed by atoms with Crippen LogP contribution in [0.1, 0.15) is 23.1 Å². The maximum Gasteiger partial charge on any atom is 0.291 e. The molecule has 0 saturated carbocycles. The quantitative estimate of drug-likeness (QED) is 0.505. The smallest absolute Gasteiger partial charge is 0.291 e. The van der Waals surface area contributed by atoms with E-state index in [1.165, 1.54) is 6.92 Å². The van der Waals surface area contributed by atoms with Crippen molar-refractivity contribution in [1.82, 2.24) is 20.1 Å². The van der Waals surface area contributed by atoms with Crippen LogP contribution in [0.5, 0.6) is 0 Å². The van der Waals surface area contributed by atoms with Crippen molar-refractivity contribution < 1.29 is 9.59 Å². The average Bonchev–Trinajstić information content (AvgIpc) is 3.24. The van der Waals surface area contributed by atoms with E-state index in [0.29, 0.717) is 11.5 Å². The summed E-state index contributed by atoms with van der Waals surface area (Å²) in [6, 6.07) is 26.5. The number of amides is 2. The number of aromatic nitrogens is 3. The highest BCUT2D eigenvalue weighted by Gasteiger charge is 2.18. The van der Waals surface area contributed by atoms with Gasteiger partial charge in [-0.1, -0.05) is 60.7 Å². The van der Waals surface area contributed by atoms with E-state index in [9.17, 15) is 9.59 Å². The Labute approximate surface area is 179 Å².